The van der Waals surface area contributed by atoms with Gasteiger partial charge in [0, 0.05) is 24.8 Å². The number of rotatable bonds is 9. The molecule has 0 saturated heterocycles. The highest BCUT2D eigenvalue weighted by atomic mass is 16.5. The SMILES string of the molecule is COc1ccc(CNC(=O)CCC(=O)OCC(=O)[C@@]2(O)CC[C@H]3[C@@H]4CCC5=CC(=O)CC[C@]5(C)[C@H]4CC[C@@]32C)cc1. The van der Waals surface area contributed by atoms with E-state index in [1.807, 2.05) is 37.3 Å². The summed E-state index contributed by atoms with van der Waals surface area (Å²) in [7, 11) is 1.59. The van der Waals surface area contributed by atoms with E-state index in [9.17, 15) is 24.3 Å². The molecule has 1 aromatic rings. The second-order valence-corrected chi connectivity index (χ2v) is 13.0. The van der Waals surface area contributed by atoms with Gasteiger partial charge in [0.25, 0.3) is 0 Å². The van der Waals surface area contributed by atoms with Crippen molar-refractivity contribution in [2.45, 2.75) is 90.2 Å². The van der Waals surface area contributed by atoms with Crippen LogP contribution in [-0.4, -0.2) is 47.9 Å². The van der Waals surface area contributed by atoms with Gasteiger partial charge in [-0.05, 0) is 91.9 Å². The Morgan fingerprint density at radius 3 is 2.44 bits per heavy atom. The van der Waals surface area contributed by atoms with Gasteiger partial charge in [-0.15, -0.1) is 0 Å². The van der Waals surface area contributed by atoms with Crippen LogP contribution < -0.4 is 10.1 Å². The van der Waals surface area contributed by atoms with Crippen molar-refractivity contribution in [1.82, 2.24) is 5.32 Å². The Bertz CT molecular complexity index is 1240. The number of ether oxygens (including phenoxy) is 2. The average Bonchev–Trinajstić information content (AvgIpc) is 3.25. The maximum Gasteiger partial charge on any atom is 0.306 e. The molecule has 0 spiro atoms. The zero-order valence-corrected chi connectivity index (χ0v) is 24.5. The van der Waals surface area contributed by atoms with Gasteiger partial charge in [0.15, 0.2) is 12.4 Å². The zero-order chi connectivity index (χ0) is 29.4. The molecule has 0 aliphatic heterocycles. The first kappa shape index (κ1) is 29.5. The molecular formula is C33H43NO7. The van der Waals surface area contributed by atoms with Gasteiger partial charge in [0.2, 0.25) is 11.7 Å². The number of allylic oxidation sites excluding steroid dienone is 1. The third kappa shape index (κ3) is 5.36. The number of Topliss-reactive ketones (excluding diaryl/α,β-unsaturated/α-hetero) is 1. The van der Waals surface area contributed by atoms with Gasteiger partial charge >= 0.3 is 5.97 Å². The van der Waals surface area contributed by atoms with E-state index >= 15 is 0 Å². The predicted octanol–water partition coefficient (Wildman–Crippen LogP) is 4.47. The van der Waals surface area contributed by atoms with Crippen LogP contribution >= 0.6 is 0 Å². The van der Waals surface area contributed by atoms with E-state index in [2.05, 4.69) is 12.2 Å². The van der Waals surface area contributed by atoms with Crippen LogP contribution in [0.5, 0.6) is 5.75 Å². The Hall–Kier alpha value is -3.00. The summed E-state index contributed by atoms with van der Waals surface area (Å²) in [4.78, 5) is 50.1. The first-order valence-electron chi connectivity index (χ1n) is 15.0. The maximum absolute atomic E-state index is 13.4. The Kier molecular flexibility index (Phi) is 8.16. The van der Waals surface area contributed by atoms with E-state index in [0.29, 0.717) is 31.2 Å². The molecule has 222 valence electrons. The molecule has 1 aromatic carbocycles. The number of fused-ring (bicyclic) bond motifs is 5. The number of benzene rings is 1. The van der Waals surface area contributed by atoms with Gasteiger partial charge in [0.1, 0.15) is 11.4 Å². The molecule has 2 N–H and O–H groups in total. The summed E-state index contributed by atoms with van der Waals surface area (Å²) in [6.45, 7) is 4.22. The van der Waals surface area contributed by atoms with Crippen LogP contribution in [0.3, 0.4) is 0 Å². The van der Waals surface area contributed by atoms with Crippen LogP contribution in [0.25, 0.3) is 0 Å². The average molecular weight is 566 g/mol. The molecule has 0 aromatic heterocycles. The number of hydrogen-bond donors (Lipinski definition) is 2. The van der Waals surface area contributed by atoms with Gasteiger partial charge < -0.3 is 19.9 Å². The van der Waals surface area contributed by atoms with Crippen LogP contribution in [0.4, 0.5) is 0 Å². The molecule has 0 heterocycles. The molecule has 1 amide bonds. The third-order valence-corrected chi connectivity index (χ3v) is 11.1. The molecule has 3 saturated carbocycles. The Labute approximate surface area is 242 Å². The molecule has 0 bridgehead atoms. The predicted molar refractivity (Wildman–Crippen MR) is 152 cm³/mol. The first-order valence-corrected chi connectivity index (χ1v) is 15.0. The van der Waals surface area contributed by atoms with E-state index in [1.165, 1.54) is 5.57 Å². The highest BCUT2D eigenvalue weighted by Gasteiger charge is 2.66. The Morgan fingerprint density at radius 2 is 1.71 bits per heavy atom. The van der Waals surface area contributed by atoms with Gasteiger partial charge in [0.05, 0.1) is 13.5 Å². The van der Waals surface area contributed by atoms with Gasteiger partial charge in [-0.1, -0.05) is 31.6 Å². The van der Waals surface area contributed by atoms with Crippen molar-refractivity contribution in [1.29, 1.82) is 0 Å². The zero-order valence-electron chi connectivity index (χ0n) is 24.5. The highest BCUT2D eigenvalue weighted by Crippen LogP contribution is 2.67. The van der Waals surface area contributed by atoms with Crippen LogP contribution in [0.15, 0.2) is 35.9 Å². The first-order chi connectivity index (χ1) is 19.5. The van der Waals surface area contributed by atoms with E-state index in [1.54, 1.807) is 7.11 Å². The lowest BCUT2D eigenvalue weighted by atomic mass is 9.46. The van der Waals surface area contributed by atoms with Crippen LogP contribution in [0, 0.1) is 28.6 Å². The molecule has 5 rings (SSSR count). The molecule has 4 aliphatic carbocycles. The summed E-state index contributed by atoms with van der Waals surface area (Å²) in [6.07, 6.45) is 7.90. The van der Waals surface area contributed by atoms with Crippen molar-refractivity contribution in [3.8, 4) is 5.75 Å². The molecule has 8 heteroatoms. The summed E-state index contributed by atoms with van der Waals surface area (Å²) in [5.74, 6) is 0.698. The number of esters is 1. The fourth-order valence-electron chi connectivity index (χ4n) is 8.62. The van der Waals surface area contributed by atoms with Crippen molar-refractivity contribution in [3.05, 3.63) is 41.5 Å². The minimum absolute atomic E-state index is 0.0271. The van der Waals surface area contributed by atoms with Crippen LogP contribution in [0.1, 0.15) is 83.6 Å². The molecule has 0 radical (unpaired) electrons. The lowest BCUT2D eigenvalue weighted by Gasteiger charge is -2.58. The smallest absolute Gasteiger partial charge is 0.306 e. The van der Waals surface area contributed by atoms with Gasteiger partial charge in [-0.25, -0.2) is 0 Å². The lowest BCUT2D eigenvalue weighted by molar-refractivity contribution is -0.170. The van der Waals surface area contributed by atoms with Crippen molar-refractivity contribution < 1.29 is 33.8 Å². The number of carbonyl (C=O) groups is 4. The van der Waals surface area contributed by atoms with E-state index < -0.39 is 29.4 Å². The monoisotopic (exact) mass is 565 g/mol. The van der Waals surface area contributed by atoms with Crippen LogP contribution in [0.2, 0.25) is 0 Å². The number of amides is 1. The molecule has 8 nitrogen and oxygen atoms in total. The van der Waals surface area contributed by atoms with E-state index in [0.717, 1.165) is 49.8 Å². The Balaban J connectivity index is 1.12. The number of nitrogens with one attached hydrogen (secondary N) is 1. The fourth-order valence-corrected chi connectivity index (χ4v) is 8.62. The summed E-state index contributed by atoms with van der Waals surface area (Å²) < 4.78 is 10.4. The lowest BCUT2D eigenvalue weighted by Crippen LogP contribution is -2.58. The largest absolute Gasteiger partial charge is 0.497 e. The second kappa shape index (κ2) is 11.3. The van der Waals surface area contributed by atoms with Gasteiger partial charge in [-0.3, -0.25) is 19.2 Å². The molecular weight excluding hydrogens is 522 g/mol. The van der Waals surface area contributed by atoms with Crippen molar-refractivity contribution in [2.24, 2.45) is 28.6 Å². The summed E-state index contributed by atoms with van der Waals surface area (Å²) in [6, 6.07) is 7.33. The minimum atomic E-state index is -1.53. The third-order valence-electron chi connectivity index (χ3n) is 11.1. The topological polar surface area (TPSA) is 119 Å². The number of aliphatic hydroxyl groups is 1. The number of carbonyl (C=O) groups excluding carboxylic acids is 4. The van der Waals surface area contributed by atoms with Crippen molar-refractivity contribution in [3.63, 3.8) is 0 Å². The molecule has 6 atom stereocenters. The molecule has 3 fully saturated rings. The normalized spacial score (nSPS) is 34.0. The summed E-state index contributed by atoms with van der Waals surface area (Å²) >= 11 is 0. The summed E-state index contributed by atoms with van der Waals surface area (Å²) in [5, 5.41) is 14.6. The van der Waals surface area contributed by atoms with Crippen molar-refractivity contribution >= 4 is 23.4 Å². The molecule has 4 aliphatic rings. The standard InChI is InChI=1S/C33H43NO7/c1-31-15-12-23(35)18-22(31)6-9-25-26(31)13-16-32(2)27(25)14-17-33(32,39)28(36)20-41-30(38)11-10-29(37)34-19-21-4-7-24(40-3)8-5-21/h4-5,7-8,18,25-27,39H,6,9-17,19-20H2,1-3H3,(H,34,37)/t25-,26+,27+,31+,32+,33+/m1/s1. The van der Waals surface area contributed by atoms with Crippen molar-refractivity contribution in [2.75, 3.05) is 13.7 Å². The summed E-state index contributed by atoms with van der Waals surface area (Å²) in [5.41, 5.74) is 0.133. The van der Waals surface area contributed by atoms with Crippen LogP contribution in [-0.2, 0) is 30.5 Å². The number of hydrogen-bond acceptors (Lipinski definition) is 7. The fraction of sp³-hybridized carbons (Fsp3) is 0.636. The Morgan fingerprint density at radius 1 is 0.976 bits per heavy atom. The maximum atomic E-state index is 13.4. The highest BCUT2D eigenvalue weighted by molar-refractivity contribution is 5.92. The minimum Gasteiger partial charge on any atom is -0.497 e. The second-order valence-electron chi connectivity index (χ2n) is 13.0. The van der Waals surface area contributed by atoms with Gasteiger partial charge in [-0.2, -0.15) is 0 Å². The quantitative estimate of drug-likeness (QED) is 0.424. The van der Waals surface area contributed by atoms with E-state index in [-0.39, 0.29) is 35.9 Å². The molecule has 0 unspecified atom stereocenters. The number of methoxy groups -OCH3 is 1. The van der Waals surface area contributed by atoms with E-state index in [4.69, 9.17) is 9.47 Å². The molecule has 41 heavy (non-hydrogen) atoms. The number of ketones is 2.